The Hall–Kier alpha value is -3.32. The molecule has 0 unspecified atom stereocenters. The Morgan fingerprint density at radius 1 is 0.923 bits per heavy atom. The third-order valence-corrected chi connectivity index (χ3v) is 9.12. The summed E-state index contributed by atoms with van der Waals surface area (Å²) in [7, 11) is 0. The van der Waals surface area contributed by atoms with Crippen molar-refractivity contribution in [2.24, 2.45) is 4.99 Å². The van der Waals surface area contributed by atoms with Crippen LogP contribution in [-0.4, -0.2) is 38.5 Å². The van der Waals surface area contributed by atoms with E-state index in [0.29, 0.717) is 6.04 Å². The van der Waals surface area contributed by atoms with Crippen molar-refractivity contribution in [1.29, 1.82) is 0 Å². The van der Waals surface area contributed by atoms with E-state index in [4.69, 9.17) is 4.99 Å². The Morgan fingerprint density at radius 2 is 1.62 bits per heavy atom. The van der Waals surface area contributed by atoms with Gasteiger partial charge < -0.3 is 9.88 Å². The molecule has 2 amide bonds. The zero-order chi connectivity index (χ0) is 26.6. The molecule has 6 nitrogen and oxygen atoms in total. The lowest BCUT2D eigenvalue weighted by Gasteiger charge is -2.31. The minimum absolute atomic E-state index is 0.0834. The predicted octanol–water partition coefficient (Wildman–Crippen LogP) is 7.22. The molecule has 3 fully saturated rings. The Morgan fingerprint density at radius 3 is 2.38 bits per heavy atom. The van der Waals surface area contributed by atoms with Gasteiger partial charge in [0.2, 0.25) is 5.91 Å². The first kappa shape index (κ1) is 25.9. The molecule has 1 aromatic heterocycles. The van der Waals surface area contributed by atoms with Gasteiger partial charge in [0.05, 0.1) is 10.9 Å². The first-order valence-corrected chi connectivity index (χ1v) is 15.2. The van der Waals surface area contributed by atoms with Gasteiger partial charge in [-0.15, -0.1) is 0 Å². The average molecular weight is 541 g/mol. The molecule has 2 heterocycles. The Balaban J connectivity index is 1.30. The number of aromatic nitrogens is 1. The lowest BCUT2D eigenvalue weighted by Crippen LogP contribution is -2.41. The van der Waals surface area contributed by atoms with E-state index in [2.05, 4.69) is 11.4 Å². The molecule has 0 atom stereocenters. The number of amides is 2. The third-order valence-electron chi connectivity index (χ3n) is 8.12. The van der Waals surface area contributed by atoms with E-state index in [1.54, 1.807) is 11.8 Å². The summed E-state index contributed by atoms with van der Waals surface area (Å²) in [4.78, 5) is 34.6. The van der Waals surface area contributed by atoms with E-state index < -0.39 is 0 Å². The first-order chi connectivity index (χ1) is 19.2. The van der Waals surface area contributed by atoms with E-state index >= 15 is 0 Å². The monoisotopic (exact) mass is 540 g/mol. The number of carbonyl (C=O) groups excluding carboxylic acids is 2. The average Bonchev–Trinajstić information content (AvgIpc) is 3.46. The van der Waals surface area contributed by atoms with Crippen LogP contribution < -0.4 is 5.32 Å². The van der Waals surface area contributed by atoms with Gasteiger partial charge in [0.1, 0.15) is 6.54 Å². The molecular weight excluding hydrogens is 504 g/mol. The van der Waals surface area contributed by atoms with Crippen molar-refractivity contribution < 1.29 is 9.59 Å². The van der Waals surface area contributed by atoms with Crippen LogP contribution in [-0.2, 0) is 16.1 Å². The number of anilines is 1. The fourth-order valence-electron chi connectivity index (χ4n) is 6.14. The molecule has 202 valence electrons. The van der Waals surface area contributed by atoms with Crippen molar-refractivity contribution in [2.45, 2.75) is 82.8 Å². The van der Waals surface area contributed by atoms with E-state index in [0.717, 1.165) is 57.9 Å². The van der Waals surface area contributed by atoms with E-state index in [-0.39, 0.29) is 24.4 Å². The normalized spacial score (nSPS) is 21.3. The number of aliphatic imine (C=N–C) groups is 1. The highest BCUT2D eigenvalue weighted by Crippen LogP contribution is 2.39. The second-order valence-electron chi connectivity index (χ2n) is 10.9. The van der Waals surface area contributed by atoms with Crippen molar-refractivity contribution in [3.8, 4) is 0 Å². The van der Waals surface area contributed by atoms with Crippen LogP contribution in [0, 0.1) is 0 Å². The molecule has 39 heavy (non-hydrogen) atoms. The summed E-state index contributed by atoms with van der Waals surface area (Å²) >= 11 is 1.54. The van der Waals surface area contributed by atoms with Gasteiger partial charge in [-0.3, -0.25) is 19.5 Å². The van der Waals surface area contributed by atoms with Crippen molar-refractivity contribution in [2.75, 3.05) is 5.32 Å². The number of nitrogens with one attached hydrogen (secondary N) is 1. The first-order valence-electron chi connectivity index (χ1n) is 14.4. The maximum atomic E-state index is 13.9. The second kappa shape index (κ2) is 11.8. The highest BCUT2D eigenvalue weighted by Gasteiger charge is 2.39. The molecule has 1 N–H and O–H groups in total. The maximum Gasteiger partial charge on any atom is 0.267 e. The second-order valence-corrected chi connectivity index (χ2v) is 11.9. The summed E-state index contributed by atoms with van der Waals surface area (Å²) < 4.78 is 1.97. The maximum absolute atomic E-state index is 13.9. The summed E-state index contributed by atoms with van der Waals surface area (Å²) in [6.07, 6.45) is 15.7. The van der Waals surface area contributed by atoms with Crippen molar-refractivity contribution in [3.05, 3.63) is 71.3 Å². The lowest BCUT2D eigenvalue weighted by molar-refractivity contribution is -0.124. The number of carbonyl (C=O) groups is 2. The number of thioether (sulfide) groups is 1. The molecule has 1 aliphatic heterocycles. The van der Waals surface area contributed by atoms with Crippen LogP contribution in [0.2, 0.25) is 0 Å². The standard InChI is InChI=1S/C32H36N4O2S/c37-30(33-24-12-4-1-5-13-24)22-35-21-23(27-18-10-11-19-28(27)35)20-29-31(38)36(26-16-8-3-9-17-26)32(39-29)34-25-14-6-2-7-15-25/h1,4-5,10-13,18-21,25-26H,2-3,6-9,14-17,22H2,(H,33,37)/b29-20+,34-32?. The zero-order valence-corrected chi connectivity index (χ0v) is 23.2. The molecule has 0 spiro atoms. The van der Waals surface area contributed by atoms with Gasteiger partial charge in [-0.05, 0) is 61.7 Å². The number of hydrogen-bond donors (Lipinski definition) is 1. The SMILES string of the molecule is O=C(Cn1cc(/C=C2/SC(=NC3CCCCC3)N(C3CCCCC3)C2=O)c2ccccc21)Nc1ccccc1. The summed E-state index contributed by atoms with van der Waals surface area (Å²) in [5, 5.41) is 4.91. The van der Waals surface area contributed by atoms with Gasteiger partial charge in [0.25, 0.3) is 5.91 Å². The van der Waals surface area contributed by atoms with Gasteiger partial charge in [0.15, 0.2) is 5.17 Å². The topological polar surface area (TPSA) is 66.7 Å². The van der Waals surface area contributed by atoms with Gasteiger partial charge >= 0.3 is 0 Å². The highest BCUT2D eigenvalue weighted by atomic mass is 32.2. The third kappa shape index (κ3) is 5.83. The fourth-order valence-corrected chi connectivity index (χ4v) is 7.24. The number of benzene rings is 2. The Kier molecular flexibility index (Phi) is 7.86. The van der Waals surface area contributed by atoms with Crippen LogP contribution in [0.4, 0.5) is 5.69 Å². The van der Waals surface area contributed by atoms with Gasteiger partial charge in [0, 0.05) is 34.4 Å². The number of amidine groups is 1. The highest BCUT2D eigenvalue weighted by molar-refractivity contribution is 8.18. The van der Waals surface area contributed by atoms with Crippen molar-refractivity contribution in [1.82, 2.24) is 9.47 Å². The van der Waals surface area contributed by atoms with Crippen LogP contribution in [0.15, 0.2) is 70.7 Å². The number of nitrogens with zero attached hydrogens (tertiary/aromatic N) is 3. The summed E-state index contributed by atoms with van der Waals surface area (Å²) in [5.41, 5.74) is 2.71. The smallest absolute Gasteiger partial charge is 0.267 e. The molecule has 2 aromatic carbocycles. The Labute approximate surface area is 234 Å². The van der Waals surface area contributed by atoms with Crippen LogP contribution in [0.3, 0.4) is 0 Å². The van der Waals surface area contributed by atoms with Crippen LogP contribution in [0.5, 0.6) is 0 Å². The van der Waals surface area contributed by atoms with Gasteiger partial charge in [-0.2, -0.15) is 0 Å². The molecule has 0 radical (unpaired) electrons. The molecule has 2 aliphatic carbocycles. The van der Waals surface area contributed by atoms with Crippen LogP contribution in [0.1, 0.15) is 69.8 Å². The largest absolute Gasteiger partial charge is 0.337 e. The fraction of sp³-hybridized carbons (Fsp3) is 0.406. The van der Waals surface area contributed by atoms with Crippen molar-refractivity contribution in [3.63, 3.8) is 0 Å². The lowest BCUT2D eigenvalue weighted by atomic mass is 9.94. The van der Waals surface area contributed by atoms with E-state index in [1.807, 2.05) is 70.3 Å². The van der Waals surface area contributed by atoms with E-state index in [1.165, 1.54) is 38.5 Å². The summed E-state index contributed by atoms with van der Waals surface area (Å²) in [5.74, 6) is -0.00189. The van der Waals surface area contributed by atoms with Crippen LogP contribution in [0.25, 0.3) is 17.0 Å². The van der Waals surface area contributed by atoms with Gasteiger partial charge in [-0.1, -0.05) is 74.9 Å². The quantitative estimate of drug-likeness (QED) is 0.336. The predicted molar refractivity (Wildman–Crippen MR) is 161 cm³/mol. The number of rotatable bonds is 6. The molecule has 1 saturated heterocycles. The molecule has 0 bridgehead atoms. The molecule has 2 saturated carbocycles. The number of para-hydroxylation sites is 2. The summed E-state index contributed by atoms with van der Waals surface area (Å²) in [6.45, 7) is 0.197. The van der Waals surface area contributed by atoms with Crippen LogP contribution >= 0.6 is 11.8 Å². The molecule has 3 aliphatic rings. The zero-order valence-electron chi connectivity index (χ0n) is 22.4. The van der Waals surface area contributed by atoms with E-state index in [9.17, 15) is 9.59 Å². The summed E-state index contributed by atoms with van der Waals surface area (Å²) in [6, 6.07) is 18.2. The molecule has 6 rings (SSSR count). The number of hydrogen-bond acceptors (Lipinski definition) is 4. The van der Waals surface area contributed by atoms with Gasteiger partial charge in [-0.25, -0.2) is 0 Å². The Bertz CT molecular complexity index is 1400. The molecular formula is C32H36N4O2S. The molecule has 3 aromatic rings. The minimum atomic E-state index is -0.0853. The van der Waals surface area contributed by atoms with Crippen molar-refractivity contribution >= 4 is 51.4 Å². The number of fused-ring (bicyclic) bond motifs is 1. The minimum Gasteiger partial charge on any atom is -0.337 e. The molecule has 7 heteroatoms.